The van der Waals surface area contributed by atoms with Gasteiger partial charge in [-0.2, -0.15) is 0 Å². The van der Waals surface area contributed by atoms with Crippen molar-refractivity contribution < 1.29 is 103 Å². The van der Waals surface area contributed by atoms with Crippen LogP contribution in [-0.4, -0.2) is 238 Å². The van der Waals surface area contributed by atoms with Gasteiger partial charge in [0.2, 0.25) is 29.5 Å². The van der Waals surface area contributed by atoms with Crippen LogP contribution >= 0.6 is 0 Å². The molecule has 12 N–H and O–H groups in total. The summed E-state index contributed by atoms with van der Waals surface area (Å²) in [5.41, 5.74) is 5.61. The lowest BCUT2D eigenvalue weighted by Crippen LogP contribution is -2.49. The topological polar surface area (TPSA) is 449 Å². The molecule has 1 fully saturated rings. The van der Waals surface area contributed by atoms with Crippen LogP contribution in [0, 0.1) is 11.8 Å². The van der Waals surface area contributed by atoms with E-state index < -0.39 is 153 Å². The molecule has 76 heavy (non-hydrogen) atoms. The Hall–Kier alpha value is -6.73. The number of nitrogens with zero attached hydrogens (tertiary/aromatic N) is 4. The maximum atomic E-state index is 13.8. The van der Waals surface area contributed by atoms with Crippen LogP contribution < -0.4 is 27.0 Å². The van der Waals surface area contributed by atoms with Crippen LogP contribution in [0.3, 0.4) is 0 Å². The van der Waals surface area contributed by atoms with Crippen LogP contribution in [-0.2, 0) is 72.0 Å². The summed E-state index contributed by atoms with van der Waals surface area (Å²) in [6.45, 7) is 4.40. The lowest BCUT2D eigenvalue weighted by molar-refractivity contribution is -0.244. The molecule has 1 aliphatic rings. The third-order valence-corrected chi connectivity index (χ3v) is 12.2. The zero-order chi connectivity index (χ0) is 57.2. The van der Waals surface area contributed by atoms with Gasteiger partial charge < -0.3 is 57.3 Å². The number of nitrogens with one attached hydrogen (secondary N) is 4. The molecule has 30 heteroatoms. The van der Waals surface area contributed by atoms with Crippen molar-refractivity contribution in [2.75, 3.05) is 91.9 Å². The summed E-state index contributed by atoms with van der Waals surface area (Å²) in [4.78, 5) is 172. The fourth-order valence-corrected chi connectivity index (χ4v) is 8.00. The minimum Gasteiger partial charge on any atom is -0.481 e. The van der Waals surface area contributed by atoms with Crippen molar-refractivity contribution in [3.8, 4) is 0 Å². The molecule has 30 nitrogen and oxygen atoms in total. The van der Waals surface area contributed by atoms with Crippen molar-refractivity contribution in [3.63, 3.8) is 0 Å². The maximum Gasteiger partial charge on any atom is 0.317 e. The Balaban J connectivity index is 3.12. The van der Waals surface area contributed by atoms with Crippen LogP contribution in [0.5, 0.6) is 0 Å². The number of carbonyl (C=O) groups is 13. The summed E-state index contributed by atoms with van der Waals surface area (Å²) < 4.78 is 4.98. The van der Waals surface area contributed by atoms with Gasteiger partial charge in [-0.25, -0.2) is 4.89 Å². The van der Waals surface area contributed by atoms with Crippen molar-refractivity contribution in [3.05, 3.63) is 0 Å². The standard InChI is InChI=1S/C46H75N9O21/c1-30(57)49-33(7-11-41(65)66)36(58)24-31(5-9-39(61)62)45(72)50-34(8-12-42(67)68)37(59)25-32(6-10-40(63)64)46(73)51-35(44(47)71)4-2-3-13-48-38(60)26-53-17-18-54(27-43(69)70)16-14-52(22-23-76-74)15-20-55(21-19-53)28-75-29-56/h29,31-35,74H,2-28H2,1H3,(H2,47,71)(H,48,60)(H,49,57)(H,50,72)(H,51,73)(H,61,62)(H,63,64)(H,65,66)(H,67,68)(H,69,70)/t31-,32-,33+,34+,35+/m1/s1. The minimum absolute atomic E-state index is 0.0202. The van der Waals surface area contributed by atoms with Gasteiger partial charge in [0.1, 0.15) is 12.8 Å². The summed E-state index contributed by atoms with van der Waals surface area (Å²) in [6, 6.07) is -4.40. The minimum atomic E-state index is -1.67. The third-order valence-electron chi connectivity index (χ3n) is 12.2. The van der Waals surface area contributed by atoms with E-state index in [0.29, 0.717) is 52.3 Å². The first-order valence-electron chi connectivity index (χ1n) is 24.7. The molecule has 1 saturated heterocycles. The molecule has 0 aromatic heterocycles. The number of carboxylic acid groups (broad SMARTS) is 5. The summed E-state index contributed by atoms with van der Waals surface area (Å²) in [5, 5.41) is 65.5. The zero-order valence-corrected chi connectivity index (χ0v) is 42.7. The van der Waals surface area contributed by atoms with Crippen molar-refractivity contribution >= 4 is 77.4 Å². The van der Waals surface area contributed by atoms with Gasteiger partial charge in [0.15, 0.2) is 11.6 Å². The second kappa shape index (κ2) is 37.9. The molecule has 0 spiro atoms. The molecule has 0 aliphatic carbocycles. The lowest BCUT2D eigenvalue weighted by Gasteiger charge is -2.33. The van der Waals surface area contributed by atoms with E-state index in [9.17, 15) is 82.8 Å². The fraction of sp³-hybridized carbons (Fsp3) is 0.717. The molecule has 0 radical (unpaired) electrons. The Bertz CT molecular complexity index is 1960. The number of amides is 5. The number of carbonyl (C=O) groups excluding carboxylic acids is 8. The number of ether oxygens (including phenoxy) is 1. The Kier molecular flexibility index (Phi) is 33.6. The van der Waals surface area contributed by atoms with Gasteiger partial charge in [0.05, 0.1) is 31.8 Å². The first-order chi connectivity index (χ1) is 35.9. The van der Waals surface area contributed by atoms with E-state index in [0.717, 1.165) is 6.92 Å². The van der Waals surface area contributed by atoms with Gasteiger partial charge in [-0.15, -0.1) is 0 Å². The van der Waals surface area contributed by atoms with E-state index in [1.165, 1.54) is 0 Å². The SMILES string of the molecule is CC(=O)N[C@@H](CCC(=O)O)C(=O)C[C@@H](CCC(=O)O)C(=O)N[C@@H](CCC(=O)O)C(=O)C[C@@H](CCC(=O)O)C(=O)N[C@@H](CCCCNC(=O)CN1CCN(COC=O)CCN(CCOO)CCN(CC(=O)O)CC1)C(N)=O. The van der Waals surface area contributed by atoms with Gasteiger partial charge in [-0.05, 0) is 44.9 Å². The first kappa shape index (κ1) is 67.3. The van der Waals surface area contributed by atoms with Crippen LogP contribution in [0.2, 0.25) is 0 Å². The Morgan fingerprint density at radius 1 is 0.553 bits per heavy atom. The van der Waals surface area contributed by atoms with Crippen LogP contribution in [0.4, 0.5) is 0 Å². The number of hydrogen-bond acceptors (Lipinski definition) is 20. The maximum absolute atomic E-state index is 13.8. The number of aliphatic carboxylic acids is 5. The average molecular weight is 1090 g/mol. The van der Waals surface area contributed by atoms with E-state index in [1.54, 1.807) is 4.90 Å². The highest BCUT2D eigenvalue weighted by molar-refractivity contribution is 5.96. The van der Waals surface area contributed by atoms with Crippen molar-refractivity contribution in [1.29, 1.82) is 0 Å². The largest absolute Gasteiger partial charge is 0.481 e. The number of unbranched alkanes of at least 4 members (excludes halogenated alkanes) is 1. The molecule has 1 aliphatic heterocycles. The van der Waals surface area contributed by atoms with Crippen molar-refractivity contribution in [2.24, 2.45) is 17.6 Å². The molecule has 0 unspecified atom stereocenters. The number of nitrogens with two attached hydrogens (primary N) is 1. The van der Waals surface area contributed by atoms with Gasteiger partial charge >= 0.3 is 29.8 Å². The number of rotatable bonds is 39. The second-order valence-electron chi connectivity index (χ2n) is 18.2. The van der Waals surface area contributed by atoms with Gasteiger partial charge in [0.25, 0.3) is 6.47 Å². The Labute approximate surface area is 438 Å². The number of hydrogen-bond donors (Lipinski definition) is 11. The molecule has 0 aromatic carbocycles. The molecule has 0 saturated carbocycles. The second-order valence-corrected chi connectivity index (χ2v) is 18.2. The summed E-state index contributed by atoms with van der Waals surface area (Å²) in [7, 11) is 0. The first-order valence-corrected chi connectivity index (χ1v) is 24.7. The molecule has 430 valence electrons. The van der Waals surface area contributed by atoms with Gasteiger partial charge in [-0.1, -0.05) is 0 Å². The normalized spacial score (nSPS) is 16.1. The van der Waals surface area contributed by atoms with Crippen LogP contribution in [0.15, 0.2) is 0 Å². The van der Waals surface area contributed by atoms with E-state index in [1.807, 2.05) is 14.7 Å². The third kappa shape index (κ3) is 31.2. The Morgan fingerprint density at radius 2 is 0.987 bits per heavy atom. The molecule has 0 bridgehead atoms. The van der Waals surface area contributed by atoms with Crippen LogP contribution in [0.25, 0.3) is 0 Å². The molecule has 5 atom stereocenters. The van der Waals surface area contributed by atoms with Crippen molar-refractivity contribution in [1.82, 2.24) is 40.9 Å². The molecule has 0 aromatic rings. The zero-order valence-electron chi connectivity index (χ0n) is 42.7. The summed E-state index contributed by atoms with van der Waals surface area (Å²) >= 11 is 0. The van der Waals surface area contributed by atoms with Crippen molar-refractivity contribution in [2.45, 2.75) is 109 Å². The molecule has 5 amide bonds. The van der Waals surface area contributed by atoms with E-state index in [2.05, 4.69) is 26.2 Å². The fourth-order valence-electron chi connectivity index (χ4n) is 8.00. The Morgan fingerprint density at radius 3 is 1.42 bits per heavy atom. The smallest absolute Gasteiger partial charge is 0.317 e. The van der Waals surface area contributed by atoms with Gasteiger partial charge in [0, 0.05) is 123 Å². The highest BCUT2D eigenvalue weighted by atomic mass is 17.1. The number of primary amides is 1. The predicted molar refractivity (Wildman–Crippen MR) is 260 cm³/mol. The van der Waals surface area contributed by atoms with E-state index in [-0.39, 0.29) is 77.7 Å². The summed E-state index contributed by atoms with van der Waals surface area (Å²) in [6.07, 6.45) is -5.58. The number of ketones is 2. The quantitative estimate of drug-likeness (QED) is 0.0125. The monoisotopic (exact) mass is 1090 g/mol. The number of Topliss-reactive ketones (excluding diaryl/α,β-unsaturated/α-hetero) is 2. The molecular formula is C46H75N9O21. The lowest BCUT2D eigenvalue weighted by atomic mass is 9.89. The highest BCUT2D eigenvalue weighted by Crippen LogP contribution is 2.20. The number of carboxylic acids is 5. The molecule has 1 rings (SSSR count). The molecule has 1 heterocycles. The molecular weight excluding hydrogens is 1010 g/mol. The highest BCUT2D eigenvalue weighted by Gasteiger charge is 2.34. The van der Waals surface area contributed by atoms with Crippen LogP contribution in [0.1, 0.15) is 90.4 Å². The summed E-state index contributed by atoms with van der Waals surface area (Å²) in [5.74, 6) is -15.4. The average Bonchev–Trinajstić information content (AvgIpc) is 3.33. The van der Waals surface area contributed by atoms with Gasteiger partial charge in [-0.3, -0.25) is 87.2 Å². The van der Waals surface area contributed by atoms with E-state index >= 15 is 0 Å². The van der Waals surface area contributed by atoms with E-state index in [4.69, 9.17) is 20.8 Å². The predicted octanol–water partition coefficient (Wildman–Crippen LogP) is -3.23.